The summed E-state index contributed by atoms with van der Waals surface area (Å²) in [6.07, 6.45) is 14.5. The molecule has 2 heteroatoms. The van der Waals surface area contributed by atoms with Crippen LogP contribution in [0.3, 0.4) is 0 Å². The molecule has 194 valence electrons. The summed E-state index contributed by atoms with van der Waals surface area (Å²) in [5, 5.41) is 0. The second kappa shape index (κ2) is 8.95. The molecule has 3 saturated carbocycles. The number of ether oxygens (including phenoxy) is 1. The average molecular weight is 471 g/mol. The van der Waals surface area contributed by atoms with Gasteiger partial charge in [-0.15, -0.1) is 0 Å². The van der Waals surface area contributed by atoms with Gasteiger partial charge in [0, 0.05) is 12.3 Å². The van der Waals surface area contributed by atoms with Gasteiger partial charge in [-0.05, 0) is 97.7 Å². The van der Waals surface area contributed by atoms with E-state index in [1.165, 1.54) is 64.2 Å². The number of esters is 1. The van der Waals surface area contributed by atoms with Crippen molar-refractivity contribution in [2.45, 2.75) is 139 Å². The average Bonchev–Trinajstić information content (AvgIpc) is 3.08. The Morgan fingerprint density at radius 2 is 1.62 bits per heavy atom. The summed E-state index contributed by atoms with van der Waals surface area (Å²) in [6, 6.07) is 0. The first kappa shape index (κ1) is 26.3. The van der Waals surface area contributed by atoms with Gasteiger partial charge < -0.3 is 4.74 Å². The van der Waals surface area contributed by atoms with Crippen LogP contribution in [-0.2, 0) is 9.53 Å². The fourth-order valence-electron chi connectivity index (χ4n) is 10.2. The van der Waals surface area contributed by atoms with E-state index in [1.807, 2.05) is 11.1 Å². The van der Waals surface area contributed by atoms with Crippen molar-refractivity contribution in [1.82, 2.24) is 0 Å². The summed E-state index contributed by atoms with van der Waals surface area (Å²) in [4.78, 5) is 11.8. The summed E-state index contributed by atoms with van der Waals surface area (Å²) >= 11 is 0. The Kier molecular flexibility index (Phi) is 6.92. The van der Waals surface area contributed by atoms with E-state index in [9.17, 15) is 4.79 Å². The lowest BCUT2D eigenvalue weighted by Crippen LogP contribution is -2.63. The first-order valence-electron chi connectivity index (χ1n) is 14.7. The van der Waals surface area contributed by atoms with Gasteiger partial charge in [-0.25, -0.2) is 0 Å². The molecule has 0 N–H and O–H groups in total. The van der Waals surface area contributed by atoms with Crippen molar-refractivity contribution in [3.63, 3.8) is 0 Å². The minimum atomic E-state index is -0.108. The van der Waals surface area contributed by atoms with Crippen LogP contribution in [0, 0.1) is 45.3 Å². The highest BCUT2D eigenvalue weighted by atomic mass is 16.5. The summed E-state index contributed by atoms with van der Waals surface area (Å²) in [5.74, 6) is 2.90. The monoisotopic (exact) mass is 470 g/mol. The van der Waals surface area contributed by atoms with E-state index in [-0.39, 0.29) is 17.5 Å². The predicted octanol–water partition coefficient (Wildman–Crippen LogP) is 9.13. The van der Waals surface area contributed by atoms with Crippen molar-refractivity contribution < 1.29 is 9.53 Å². The Labute approximate surface area is 211 Å². The topological polar surface area (TPSA) is 26.3 Å². The first-order valence-corrected chi connectivity index (χ1v) is 14.7. The Hall–Kier alpha value is -0.790. The number of fused-ring (bicyclic) bond motifs is 5. The molecular formula is C32H54O2. The number of hydrogen-bond acceptors (Lipinski definition) is 2. The predicted molar refractivity (Wildman–Crippen MR) is 142 cm³/mol. The minimum Gasteiger partial charge on any atom is -0.462 e. The lowest BCUT2D eigenvalue weighted by molar-refractivity contribution is -0.210. The van der Waals surface area contributed by atoms with Crippen molar-refractivity contribution in [2.75, 3.05) is 0 Å². The molecular weight excluding hydrogens is 416 g/mol. The highest BCUT2D eigenvalue weighted by Crippen LogP contribution is 2.74. The normalized spacial score (nSPS) is 42.1. The van der Waals surface area contributed by atoms with Crippen LogP contribution in [0.1, 0.15) is 133 Å². The van der Waals surface area contributed by atoms with Crippen LogP contribution in [0.15, 0.2) is 11.1 Å². The van der Waals surface area contributed by atoms with Crippen molar-refractivity contribution in [2.24, 2.45) is 45.3 Å². The maximum absolute atomic E-state index is 11.8. The SMILES string of the molecule is CC(=O)O[C@H]1CC[C@]2(C)[C@H]3CCC4=C([C@H](C)CCCC(C)C)CC[C@@]4(C)[C@]3(C)CC[C@H]2C1(C)C. The van der Waals surface area contributed by atoms with Gasteiger partial charge in [0.1, 0.15) is 6.10 Å². The zero-order valence-corrected chi connectivity index (χ0v) is 24.0. The van der Waals surface area contributed by atoms with Gasteiger partial charge in [0.2, 0.25) is 0 Å². The molecule has 4 rings (SSSR count). The van der Waals surface area contributed by atoms with Crippen LogP contribution in [0.5, 0.6) is 0 Å². The molecule has 0 radical (unpaired) electrons. The number of allylic oxidation sites excluding steroid dienone is 2. The van der Waals surface area contributed by atoms with Crippen LogP contribution in [-0.4, -0.2) is 12.1 Å². The van der Waals surface area contributed by atoms with Gasteiger partial charge in [0.15, 0.2) is 0 Å². The van der Waals surface area contributed by atoms with Crippen molar-refractivity contribution in [3.05, 3.63) is 11.1 Å². The van der Waals surface area contributed by atoms with Crippen molar-refractivity contribution in [1.29, 1.82) is 0 Å². The molecule has 4 aliphatic carbocycles. The lowest BCUT2D eigenvalue weighted by Gasteiger charge is -2.69. The number of carbonyl (C=O) groups is 1. The van der Waals surface area contributed by atoms with Crippen LogP contribution < -0.4 is 0 Å². The molecule has 3 fully saturated rings. The molecule has 2 nitrogen and oxygen atoms in total. The molecule has 7 atom stereocenters. The maximum atomic E-state index is 11.8. The van der Waals surface area contributed by atoms with Gasteiger partial charge in [0.25, 0.3) is 0 Å². The standard InChI is InChI=1S/C32H54O2/c1-21(2)11-10-12-22(3)24-15-19-31(8)25(24)13-14-27-30(7)18-17-28(34-23(4)33)29(5,6)26(30)16-20-32(27,31)9/h21-22,26-28H,10-20H2,1-9H3/t22-,26+,27-,28+,30+,31-,32-/m1/s1. The molecule has 0 aliphatic heterocycles. The largest absolute Gasteiger partial charge is 0.462 e. The van der Waals surface area contributed by atoms with Gasteiger partial charge in [-0.3, -0.25) is 4.79 Å². The van der Waals surface area contributed by atoms with E-state index in [4.69, 9.17) is 4.74 Å². The van der Waals surface area contributed by atoms with Crippen molar-refractivity contribution >= 4 is 5.97 Å². The zero-order chi connectivity index (χ0) is 25.1. The Morgan fingerprint density at radius 1 is 0.912 bits per heavy atom. The van der Waals surface area contributed by atoms with Crippen LogP contribution in [0.25, 0.3) is 0 Å². The number of hydrogen-bond donors (Lipinski definition) is 0. The second-order valence-corrected chi connectivity index (χ2v) is 14.6. The zero-order valence-electron chi connectivity index (χ0n) is 24.0. The smallest absolute Gasteiger partial charge is 0.302 e. The van der Waals surface area contributed by atoms with E-state index < -0.39 is 0 Å². The molecule has 0 aromatic carbocycles. The van der Waals surface area contributed by atoms with Gasteiger partial charge >= 0.3 is 5.97 Å². The van der Waals surface area contributed by atoms with E-state index in [1.54, 1.807) is 6.92 Å². The highest BCUT2D eigenvalue weighted by Gasteiger charge is 2.67. The molecule has 0 aromatic rings. The fraction of sp³-hybridized carbons (Fsp3) is 0.906. The number of rotatable bonds is 6. The van der Waals surface area contributed by atoms with Gasteiger partial charge in [-0.1, -0.05) is 79.4 Å². The molecule has 0 aromatic heterocycles. The number of carbonyl (C=O) groups excluding carboxylic acids is 1. The van der Waals surface area contributed by atoms with E-state index in [2.05, 4.69) is 55.4 Å². The molecule has 34 heavy (non-hydrogen) atoms. The lowest BCUT2D eigenvalue weighted by atomic mass is 9.36. The fourth-order valence-corrected chi connectivity index (χ4v) is 10.2. The van der Waals surface area contributed by atoms with Gasteiger partial charge in [-0.2, -0.15) is 0 Å². The van der Waals surface area contributed by atoms with Crippen LogP contribution in [0.2, 0.25) is 0 Å². The maximum Gasteiger partial charge on any atom is 0.302 e. The molecule has 0 bridgehead atoms. The minimum absolute atomic E-state index is 0.0583. The highest BCUT2D eigenvalue weighted by molar-refractivity contribution is 5.66. The Balaban J connectivity index is 1.60. The van der Waals surface area contributed by atoms with Crippen molar-refractivity contribution in [3.8, 4) is 0 Å². The molecule has 0 unspecified atom stereocenters. The summed E-state index contributed by atoms with van der Waals surface area (Å²) in [6.45, 7) is 21.6. The molecule has 0 amide bonds. The second-order valence-electron chi connectivity index (χ2n) is 14.6. The summed E-state index contributed by atoms with van der Waals surface area (Å²) in [5.41, 5.74) is 4.93. The van der Waals surface area contributed by atoms with E-state index in [0.717, 1.165) is 24.2 Å². The molecule has 0 heterocycles. The molecule has 0 saturated heterocycles. The Morgan fingerprint density at radius 3 is 2.26 bits per heavy atom. The van der Waals surface area contributed by atoms with E-state index >= 15 is 0 Å². The third-order valence-corrected chi connectivity index (χ3v) is 12.2. The molecule has 0 spiro atoms. The Bertz CT molecular complexity index is 821. The van der Waals surface area contributed by atoms with Crippen LogP contribution in [0.4, 0.5) is 0 Å². The third-order valence-electron chi connectivity index (χ3n) is 12.2. The van der Waals surface area contributed by atoms with Gasteiger partial charge in [0.05, 0.1) is 0 Å². The van der Waals surface area contributed by atoms with E-state index in [0.29, 0.717) is 22.2 Å². The molecule has 4 aliphatic rings. The quantitative estimate of drug-likeness (QED) is 0.286. The summed E-state index contributed by atoms with van der Waals surface area (Å²) in [7, 11) is 0. The summed E-state index contributed by atoms with van der Waals surface area (Å²) < 4.78 is 5.89. The van der Waals surface area contributed by atoms with Crippen LogP contribution >= 0.6 is 0 Å². The first-order chi connectivity index (χ1) is 15.8. The third kappa shape index (κ3) is 3.92.